The molecule has 9 heteroatoms. The highest BCUT2D eigenvalue weighted by atomic mass is 16.6. The molecule has 170 valence electrons. The first-order chi connectivity index (χ1) is 16.4. The Morgan fingerprint density at radius 1 is 1.03 bits per heavy atom. The number of rotatable bonds is 6. The van der Waals surface area contributed by atoms with Crippen LogP contribution in [-0.4, -0.2) is 34.7 Å². The molecule has 0 radical (unpaired) electrons. The van der Waals surface area contributed by atoms with Crippen LogP contribution in [0, 0.1) is 10.1 Å². The highest BCUT2D eigenvalue weighted by Gasteiger charge is 2.14. The third-order valence-electron chi connectivity index (χ3n) is 5.15. The molecule has 4 rings (SSSR count). The molecule has 0 spiro atoms. The summed E-state index contributed by atoms with van der Waals surface area (Å²) in [6.45, 7) is 0. The summed E-state index contributed by atoms with van der Waals surface area (Å²) in [5, 5.41) is 11.4. The number of methoxy groups -OCH3 is 2. The van der Waals surface area contributed by atoms with Gasteiger partial charge in [0.25, 0.3) is 11.2 Å². The van der Waals surface area contributed by atoms with Crippen LogP contribution in [0.15, 0.2) is 71.5 Å². The molecule has 9 nitrogen and oxygen atoms in total. The van der Waals surface area contributed by atoms with Gasteiger partial charge in [-0.25, -0.2) is 9.78 Å². The molecule has 0 amide bonds. The Kier molecular flexibility index (Phi) is 6.18. The van der Waals surface area contributed by atoms with Crippen LogP contribution >= 0.6 is 0 Å². The van der Waals surface area contributed by atoms with Crippen LogP contribution in [0.4, 0.5) is 5.69 Å². The number of hydrogen-bond donors (Lipinski definition) is 0. The summed E-state index contributed by atoms with van der Waals surface area (Å²) < 4.78 is 11.4. The van der Waals surface area contributed by atoms with Gasteiger partial charge in [-0.05, 0) is 54.1 Å². The largest absolute Gasteiger partial charge is 0.497 e. The third kappa shape index (κ3) is 4.40. The van der Waals surface area contributed by atoms with Gasteiger partial charge in [0.05, 0.1) is 41.3 Å². The number of nitro groups is 1. The Morgan fingerprint density at radius 3 is 2.47 bits per heavy atom. The predicted molar refractivity (Wildman–Crippen MR) is 127 cm³/mol. The number of carbonyl (C=O) groups excluding carboxylic acids is 1. The first kappa shape index (κ1) is 22.4. The zero-order valence-corrected chi connectivity index (χ0v) is 18.3. The summed E-state index contributed by atoms with van der Waals surface area (Å²) in [6.07, 6.45) is 3.25. The highest BCUT2D eigenvalue weighted by Crippen LogP contribution is 2.21. The van der Waals surface area contributed by atoms with E-state index in [-0.39, 0.29) is 11.2 Å². The summed E-state index contributed by atoms with van der Waals surface area (Å²) >= 11 is 0. The van der Waals surface area contributed by atoms with Gasteiger partial charge in [-0.15, -0.1) is 0 Å². The van der Waals surface area contributed by atoms with E-state index in [2.05, 4.69) is 4.98 Å². The van der Waals surface area contributed by atoms with E-state index >= 15 is 0 Å². The second kappa shape index (κ2) is 9.37. The van der Waals surface area contributed by atoms with E-state index in [9.17, 15) is 19.7 Å². The van der Waals surface area contributed by atoms with Gasteiger partial charge in [-0.3, -0.25) is 19.5 Å². The molecule has 4 aromatic rings. The Balaban J connectivity index is 1.89. The lowest BCUT2D eigenvalue weighted by molar-refractivity contribution is -0.384. The van der Waals surface area contributed by atoms with Gasteiger partial charge in [0.15, 0.2) is 0 Å². The summed E-state index contributed by atoms with van der Waals surface area (Å²) in [7, 11) is 2.80. The zero-order chi connectivity index (χ0) is 24.2. The van der Waals surface area contributed by atoms with Crippen molar-refractivity contribution in [2.75, 3.05) is 14.2 Å². The molecule has 1 heterocycles. The average Bonchev–Trinajstić information content (AvgIpc) is 2.87. The molecule has 0 fully saturated rings. The molecule has 0 aliphatic heterocycles. The van der Waals surface area contributed by atoms with Crippen molar-refractivity contribution >= 4 is 34.7 Å². The Bertz CT molecular complexity index is 1490. The van der Waals surface area contributed by atoms with Crippen molar-refractivity contribution in [1.82, 2.24) is 9.55 Å². The maximum atomic E-state index is 13.5. The fraction of sp³-hybridized carbons (Fsp3) is 0.0800. The molecule has 0 unspecified atom stereocenters. The van der Waals surface area contributed by atoms with Crippen LogP contribution in [0.25, 0.3) is 28.7 Å². The van der Waals surface area contributed by atoms with E-state index in [0.29, 0.717) is 39.3 Å². The average molecular weight is 457 g/mol. The zero-order valence-electron chi connectivity index (χ0n) is 18.3. The molecule has 1 aromatic heterocycles. The van der Waals surface area contributed by atoms with E-state index in [1.807, 2.05) is 0 Å². The fourth-order valence-electron chi connectivity index (χ4n) is 3.45. The normalized spacial score (nSPS) is 11.0. The van der Waals surface area contributed by atoms with E-state index in [4.69, 9.17) is 9.47 Å². The molecule has 0 saturated heterocycles. The topological polar surface area (TPSA) is 114 Å². The van der Waals surface area contributed by atoms with Gasteiger partial charge >= 0.3 is 5.97 Å². The molecule has 0 atom stereocenters. The number of carbonyl (C=O) groups is 1. The lowest BCUT2D eigenvalue weighted by Gasteiger charge is -2.12. The van der Waals surface area contributed by atoms with Gasteiger partial charge < -0.3 is 9.47 Å². The van der Waals surface area contributed by atoms with Gasteiger partial charge in [0, 0.05) is 12.1 Å². The van der Waals surface area contributed by atoms with Crippen molar-refractivity contribution in [2.45, 2.75) is 0 Å². The first-order valence-electron chi connectivity index (χ1n) is 10.1. The number of benzene rings is 3. The number of esters is 1. The maximum Gasteiger partial charge on any atom is 0.337 e. The lowest BCUT2D eigenvalue weighted by atomic mass is 10.1. The van der Waals surface area contributed by atoms with Crippen LogP contribution in [-0.2, 0) is 4.74 Å². The molecule has 34 heavy (non-hydrogen) atoms. The standard InChI is InChI=1S/C25H19N3O6/c1-33-20-11-12-22-21(15-20)24(29)27(18-9-7-17(8-10-18)25(30)34-2)23(26-22)13-6-16-4-3-5-19(14-16)28(31)32/h3-15H,1-2H3/b13-6+. The molecular formula is C25H19N3O6. The summed E-state index contributed by atoms with van der Waals surface area (Å²) in [4.78, 5) is 40.5. The van der Waals surface area contributed by atoms with E-state index < -0.39 is 10.9 Å². The Morgan fingerprint density at radius 2 is 1.79 bits per heavy atom. The monoisotopic (exact) mass is 457 g/mol. The predicted octanol–water partition coefficient (Wildman–Crippen LogP) is 4.26. The van der Waals surface area contributed by atoms with Crippen molar-refractivity contribution in [3.05, 3.63) is 104 Å². The van der Waals surface area contributed by atoms with Gasteiger partial charge in [-0.1, -0.05) is 18.2 Å². The van der Waals surface area contributed by atoms with E-state index in [0.717, 1.165) is 0 Å². The van der Waals surface area contributed by atoms with E-state index in [1.165, 1.54) is 30.9 Å². The van der Waals surface area contributed by atoms with Crippen molar-refractivity contribution < 1.29 is 19.2 Å². The molecule has 3 aromatic carbocycles. The number of nitro benzene ring substituents is 1. The van der Waals surface area contributed by atoms with Gasteiger partial charge in [0.1, 0.15) is 11.6 Å². The second-order valence-electron chi connectivity index (χ2n) is 7.22. The molecular weight excluding hydrogens is 438 g/mol. The van der Waals surface area contributed by atoms with Crippen LogP contribution in [0.5, 0.6) is 5.75 Å². The van der Waals surface area contributed by atoms with Crippen molar-refractivity contribution in [2.24, 2.45) is 0 Å². The van der Waals surface area contributed by atoms with Gasteiger partial charge in [0.2, 0.25) is 0 Å². The van der Waals surface area contributed by atoms with Crippen LogP contribution in [0.3, 0.4) is 0 Å². The number of fused-ring (bicyclic) bond motifs is 1. The molecule has 0 saturated carbocycles. The summed E-state index contributed by atoms with van der Waals surface area (Å²) in [5.74, 6) is 0.324. The minimum absolute atomic E-state index is 0.0449. The van der Waals surface area contributed by atoms with Crippen molar-refractivity contribution in [3.63, 3.8) is 0 Å². The van der Waals surface area contributed by atoms with Crippen molar-refractivity contribution in [3.8, 4) is 11.4 Å². The Labute approximate surface area is 193 Å². The Hall–Kier alpha value is -4.79. The smallest absolute Gasteiger partial charge is 0.337 e. The lowest BCUT2D eigenvalue weighted by Crippen LogP contribution is -2.22. The second-order valence-corrected chi connectivity index (χ2v) is 7.22. The van der Waals surface area contributed by atoms with Crippen LogP contribution < -0.4 is 10.3 Å². The van der Waals surface area contributed by atoms with Crippen molar-refractivity contribution in [1.29, 1.82) is 0 Å². The number of hydrogen-bond acceptors (Lipinski definition) is 7. The SMILES string of the molecule is COC(=O)c1ccc(-n2c(/C=C/c3cccc([N+](=O)[O-])c3)nc3ccc(OC)cc3c2=O)cc1. The molecule has 0 bridgehead atoms. The summed E-state index contributed by atoms with van der Waals surface area (Å²) in [6, 6.07) is 17.5. The number of ether oxygens (including phenoxy) is 2. The number of aromatic nitrogens is 2. The molecule has 0 aliphatic carbocycles. The quantitative estimate of drug-likeness (QED) is 0.241. The van der Waals surface area contributed by atoms with Crippen LogP contribution in [0.1, 0.15) is 21.7 Å². The molecule has 0 aliphatic rings. The summed E-state index contributed by atoms with van der Waals surface area (Å²) in [5.41, 5.74) is 1.47. The van der Waals surface area contributed by atoms with E-state index in [1.54, 1.807) is 66.7 Å². The number of nitrogens with zero attached hydrogens (tertiary/aromatic N) is 3. The molecule has 0 N–H and O–H groups in total. The highest BCUT2D eigenvalue weighted by molar-refractivity contribution is 5.89. The minimum Gasteiger partial charge on any atom is -0.497 e. The maximum absolute atomic E-state index is 13.5. The first-order valence-corrected chi connectivity index (χ1v) is 10.1. The number of non-ortho nitro benzene ring substituents is 1. The minimum atomic E-state index is -0.494. The van der Waals surface area contributed by atoms with Crippen LogP contribution in [0.2, 0.25) is 0 Å². The third-order valence-corrected chi connectivity index (χ3v) is 5.15. The van der Waals surface area contributed by atoms with Gasteiger partial charge in [-0.2, -0.15) is 0 Å². The fourth-order valence-corrected chi connectivity index (χ4v) is 3.45.